The van der Waals surface area contributed by atoms with E-state index in [1.165, 1.54) is 0 Å². The molecule has 94 valence electrons. The van der Waals surface area contributed by atoms with E-state index >= 15 is 0 Å². The van der Waals surface area contributed by atoms with Crippen molar-refractivity contribution in [2.45, 2.75) is 13.5 Å². The van der Waals surface area contributed by atoms with Gasteiger partial charge in [-0.05, 0) is 23.9 Å². The van der Waals surface area contributed by atoms with Crippen LogP contribution in [0.5, 0.6) is 0 Å². The lowest BCUT2D eigenvalue weighted by Crippen LogP contribution is -2.22. The zero-order valence-electron chi connectivity index (χ0n) is 9.47. The van der Waals surface area contributed by atoms with Gasteiger partial charge in [0.15, 0.2) is 5.69 Å². The third kappa shape index (κ3) is 2.57. The van der Waals surface area contributed by atoms with Gasteiger partial charge in [-0.3, -0.25) is 4.79 Å². The van der Waals surface area contributed by atoms with Gasteiger partial charge in [0.1, 0.15) is 0 Å². The number of aromatic nitrogens is 1. The standard InChI is InChI=1S/C11H10N2O4S/c1-6-2-3-18-9(6)5-12-10(14)7-4-8(11(15)16)17-13-7/h2-4H,5H2,1H3,(H,12,14)(H,15,16). The van der Waals surface area contributed by atoms with Gasteiger partial charge < -0.3 is 14.9 Å². The van der Waals surface area contributed by atoms with Gasteiger partial charge in [-0.1, -0.05) is 5.16 Å². The molecule has 0 spiro atoms. The monoisotopic (exact) mass is 266 g/mol. The average Bonchev–Trinajstić information content (AvgIpc) is 2.94. The molecule has 18 heavy (non-hydrogen) atoms. The summed E-state index contributed by atoms with van der Waals surface area (Å²) >= 11 is 1.54. The summed E-state index contributed by atoms with van der Waals surface area (Å²) in [5.74, 6) is -2.07. The molecule has 0 saturated carbocycles. The van der Waals surface area contributed by atoms with Crippen molar-refractivity contribution < 1.29 is 19.2 Å². The molecule has 2 rings (SSSR count). The fraction of sp³-hybridized carbons (Fsp3) is 0.182. The van der Waals surface area contributed by atoms with Gasteiger partial charge in [0, 0.05) is 10.9 Å². The molecule has 0 fully saturated rings. The molecule has 0 radical (unpaired) electrons. The number of carbonyl (C=O) groups is 2. The van der Waals surface area contributed by atoms with Gasteiger partial charge in [-0.15, -0.1) is 11.3 Å². The Morgan fingerprint density at radius 2 is 2.33 bits per heavy atom. The summed E-state index contributed by atoms with van der Waals surface area (Å²) in [4.78, 5) is 23.3. The number of nitrogens with one attached hydrogen (secondary N) is 1. The minimum atomic E-state index is -1.25. The molecule has 2 heterocycles. The van der Waals surface area contributed by atoms with Crippen LogP contribution in [-0.2, 0) is 6.54 Å². The molecule has 0 atom stereocenters. The van der Waals surface area contributed by atoms with Crippen molar-refractivity contribution in [3.63, 3.8) is 0 Å². The predicted octanol–water partition coefficient (Wildman–Crippen LogP) is 1.67. The number of thiophene rings is 1. The molecule has 0 saturated heterocycles. The van der Waals surface area contributed by atoms with Crippen molar-refractivity contribution in [3.8, 4) is 0 Å². The maximum atomic E-state index is 11.7. The van der Waals surface area contributed by atoms with E-state index in [9.17, 15) is 9.59 Å². The summed E-state index contributed by atoms with van der Waals surface area (Å²) in [5.41, 5.74) is 1.06. The molecule has 0 aromatic carbocycles. The molecule has 7 heteroatoms. The number of hydrogen-bond acceptors (Lipinski definition) is 5. The van der Waals surface area contributed by atoms with Crippen LogP contribution in [-0.4, -0.2) is 22.1 Å². The molecule has 0 bridgehead atoms. The van der Waals surface area contributed by atoms with Crippen molar-refractivity contribution in [2.75, 3.05) is 0 Å². The van der Waals surface area contributed by atoms with Crippen molar-refractivity contribution in [2.24, 2.45) is 0 Å². The van der Waals surface area contributed by atoms with Gasteiger partial charge in [-0.25, -0.2) is 4.79 Å². The SMILES string of the molecule is Cc1ccsc1CNC(=O)c1cc(C(=O)O)on1. The van der Waals surface area contributed by atoms with Crippen LogP contribution in [0.2, 0.25) is 0 Å². The number of aryl methyl sites for hydroxylation is 1. The van der Waals surface area contributed by atoms with E-state index in [-0.39, 0.29) is 11.5 Å². The zero-order valence-corrected chi connectivity index (χ0v) is 10.3. The van der Waals surface area contributed by atoms with E-state index in [0.29, 0.717) is 6.54 Å². The fourth-order valence-corrected chi connectivity index (χ4v) is 2.17. The molecule has 2 N–H and O–H groups in total. The first kappa shape index (κ1) is 12.3. The van der Waals surface area contributed by atoms with Crippen LogP contribution in [0, 0.1) is 6.92 Å². The van der Waals surface area contributed by atoms with E-state index < -0.39 is 11.9 Å². The van der Waals surface area contributed by atoms with Gasteiger partial charge in [-0.2, -0.15) is 0 Å². The van der Waals surface area contributed by atoms with Crippen molar-refractivity contribution in [1.82, 2.24) is 10.5 Å². The molecule has 1 amide bonds. The Labute approximate surface area is 106 Å². The van der Waals surface area contributed by atoms with Gasteiger partial charge >= 0.3 is 5.97 Å². The predicted molar refractivity (Wildman–Crippen MR) is 63.7 cm³/mol. The molecule has 6 nitrogen and oxygen atoms in total. The quantitative estimate of drug-likeness (QED) is 0.878. The highest BCUT2D eigenvalue weighted by molar-refractivity contribution is 7.10. The number of nitrogens with zero attached hydrogens (tertiary/aromatic N) is 1. The van der Waals surface area contributed by atoms with Crippen LogP contribution >= 0.6 is 11.3 Å². The van der Waals surface area contributed by atoms with Crippen molar-refractivity contribution >= 4 is 23.2 Å². The highest BCUT2D eigenvalue weighted by atomic mass is 32.1. The highest BCUT2D eigenvalue weighted by Crippen LogP contribution is 2.15. The zero-order chi connectivity index (χ0) is 13.1. The van der Waals surface area contributed by atoms with Crippen molar-refractivity contribution in [1.29, 1.82) is 0 Å². The minimum Gasteiger partial charge on any atom is -0.475 e. The van der Waals surface area contributed by atoms with Crippen LogP contribution in [0.4, 0.5) is 0 Å². The number of carboxylic acid groups (broad SMARTS) is 1. The maximum absolute atomic E-state index is 11.7. The van der Waals surface area contributed by atoms with Gasteiger partial charge in [0.25, 0.3) is 5.91 Å². The second-order valence-electron chi connectivity index (χ2n) is 3.59. The number of aromatic carboxylic acids is 1. The van der Waals surface area contributed by atoms with Crippen LogP contribution in [0.3, 0.4) is 0 Å². The third-order valence-electron chi connectivity index (χ3n) is 2.33. The molecular formula is C11H10N2O4S. The molecule has 0 aliphatic rings. The Hall–Kier alpha value is -2.15. The minimum absolute atomic E-state index is 0.0402. The molecule has 0 unspecified atom stereocenters. The lowest BCUT2D eigenvalue weighted by atomic mass is 10.3. The highest BCUT2D eigenvalue weighted by Gasteiger charge is 2.16. The second-order valence-corrected chi connectivity index (χ2v) is 4.59. The lowest BCUT2D eigenvalue weighted by molar-refractivity contribution is 0.0651. The van der Waals surface area contributed by atoms with Gasteiger partial charge in [0.05, 0.1) is 6.54 Å². The Morgan fingerprint density at radius 3 is 2.89 bits per heavy atom. The summed E-state index contributed by atoms with van der Waals surface area (Å²) in [6, 6.07) is 3.06. The molecule has 0 aliphatic heterocycles. The smallest absolute Gasteiger partial charge is 0.374 e. The summed E-state index contributed by atoms with van der Waals surface area (Å²) in [6.07, 6.45) is 0. The number of hydrogen-bond donors (Lipinski definition) is 2. The number of carboxylic acids is 1. The van der Waals surface area contributed by atoms with E-state index in [4.69, 9.17) is 5.11 Å². The van der Waals surface area contributed by atoms with Crippen LogP contribution < -0.4 is 5.32 Å². The maximum Gasteiger partial charge on any atom is 0.374 e. The number of amides is 1. The Kier molecular flexibility index (Phi) is 3.42. The Balaban J connectivity index is 1.99. The van der Waals surface area contributed by atoms with E-state index in [0.717, 1.165) is 16.5 Å². The summed E-state index contributed by atoms with van der Waals surface area (Å²) < 4.78 is 4.50. The Morgan fingerprint density at radius 1 is 1.56 bits per heavy atom. The average molecular weight is 266 g/mol. The lowest BCUT2D eigenvalue weighted by Gasteiger charge is -2.01. The van der Waals surface area contributed by atoms with Crippen LogP contribution in [0.15, 0.2) is 22.0 Å². The van der Waals surface area contributed by atoms with Crippen molar-refractivity contribution in [3.05, 3.63) is 39.4 Å². The number of rotatable bonds is 4. The summed E-state index contributed by atoms with van der Waals surface area (Å²) in [6.45, 7) is 2.34. The summed E-state index contributed by atoms with van der Waals surface area (Å²) in [7, 11) is 0. The third-order valence-corrected chi connectivity index (χ3v) is 3.35. The van der Waals surface area contributed by atoms with E-state index in [1.807, 2.05) is 18.4 Å². The normalized spacial score (nSPS) is 10.3. The first-order valence-electron chi connectivity index (χ1n) is 5.09. The van der Waals surface area contributed by atoms with Crippen LogP contribution in [0.25, 0.3) is 0 Å². The van der Waals surface area contributed by atoms with E-state index in [1.54, 1.807) is 11.3 Å². The first-order valence-corrected chi connectivity index (χ1v) is 5.97. The van der Waals surface area contributed by atoms with Gasteiger partial charge in [0.2, 0.25) is 5.76 Å². The fourth-order valence-electron chi connectivity index (χ4n) is 1.32. The molecule has 0 aliphatic carbocycles. The number of carbonyl (C=O) groups excluding carboxylic acids is 1. The van der Waals surface area contributed by atoms with E-state index in [2.05, 4.69) is 15.0 Å². The second kappa shape index (κ2) is 5.01. The Bertz CT molecular complexity index is 587. The molecular weight excluding hydrogens is 256 g/mol. The molecule has 2 aromatic heterocycles. The molecule has 2 aromatic rings. The summed E-state index contributed by atoms with van der Waals surface area (Å²) in [5, 5.41) is 16.6. The topological polar surface area (TPSA) is 92.4 Å². The first-order chi connectivity index (χ1) is 8.58. The largest absolute Gasteiger partial charge is 0.475 e. The van der Waals surface area contributed by atoms with Crippen LogP contribution in [0.1, 0.15) is 31.5 Å².